The highest BCUT2D eigenvalue weighted by atomic mass is 15.1. The van der Waals surface area contributed by atoms with Gasteiger partial charge in [0.1, 0.15) is 0 Å². The van der Waals surface area contributed by atoms with E-state index in [1.165, 1.54) is 22.4 Å². The van der Waals surface area contributed by atoms with Crippen LogP contribution >= 0.6 is 0 Å². The number of rotatable bonds is 3. The summed E-state index contributed by atoms with van der Waals surface area (Å²) in [4.78, 5) is 9.96. The summed E-state index contributed by atoms with van der Waals surface area (Å²) >= 11 is 0. The van der Waals surface area contributed by atoms with Gasteiger partial charge in [-0.2, -0.15) is 0 Å². The number of pyridine rings is 1. The summed E-state index contributed by atoms with van der Waals surface area (Å²) in [6.07, 6.45) is 9.37. The molecular weight excluding hydrogens is 234 g/mol. The number of nitrogens with one attached hydrogen (secondary N) is 1. The zero-order valence-corrected chi connectivity index (χ0v) is 11.6. The molecule has 3 rings (SSSR count). The average Bonchev–Trinajstić information content (AvgIpc) is 2.83. The Hall–Kier alpha value is -1.61. The number of aromatic amines is 1. The lowest BCUT2D eigenvalue weighted by Gasteiger charge is -2.27. The van der Waals surface area contributed by atoms with Crippen molar-refractivity contribution in [2.24, 2.45) is 0 Å². The summed E-state index contributed by atoms with van der Waals surface area (Å²) < 4.78 is 0. The molecule has 0 fully saturated rings. The van der Waals surface area contributed by atoms with Crippen molar-refractivity contribution in [1.29, 1.82) is 0 Å². The van der Waals surface area contributed by atoms with Gasteiger partial charge in [0.15, 0.2) is 0 Å². The average molecular weight is 254 g/mol. The zero-order chi connectivity index (χ0) is 13.2. The molecule has 1 N–H and O–H groups in total. The van der Waals surface area contributed by atoms with E-state index in [9.17, 15) is 0 Å². The molecule has 0 amide bonds. The number of fused-ring (bicyclic) bond motifs is 1. The molecule has 1 radical (unpaired) electrons. The van der Waals surface area contributed by atoms with Crippen LogP contribution in [0, 0.1) is 5.92 Å². The Labute approximate surface area is 114 Å². The second-order valence-electron chi connectivity index (χ2n) is 5.55. The predicted molar refractivity (Wildman–Crippen MR) is 79.7 cm³/mol. The molecule has 0 atom stereocenters. The van der Waals surface area contributed by atoms with Crippen LogP contribution in [0.3, 0.4) is 0 Å². The van der Waals surface area contributed by atoms with Crippen molar-refractivity contribution in [2.75, 3.05) is 19.6 Å². The zero-order valence-electron chi connectivity index (χ0n) is 11.6. The highest BCUT2D eigenvalue weighted by Gasteiger charge is 2.16. The van der Waals surface area contributed by atoms with Crippen LogP contribution in [0.15, 0.2) is 30.7 Å². The molecule has 3 nitrogen and oxygen atoms in total. The maximum Gasteiger partial charge on any atom is 0.0646 e. The molecule has 0 unspecified atom stereocenters. The molecule has 19 heavy (non-hydrogen) atoms. The summed E-state index contributed by atoms with van der Waals surface area (Å²) in [5.74, 6) is 1.48. The van der Waals surface area contributed by atoms with E-state index in [0.717, 1.165) is 31.6 Å². The van der Waals surface area contributed by atoms with Crippen LogP contribution in [0.25, 0.3) is 16.5 Å². The van der Waals surface area contributed by atoms with Gasteiger partial charge in [0.2, 0.25) is 0 Å². The van der Waals surface area contributed by atoms with Crippen molar-refractivity contribution in [2.45, 2.75) is 20.3 Å². The van der Waals surface area contributed by atoms with Gasteiger partial charge in [-0.25, -0.2) is 0 Å². The van der Waals surface area contributed by atoms with Crippen molar-refractivity contribution >= 4 is 16.5 Å². The first kappa shape index (κ1) is 12.4. The van der Waals surface area contributed by atoms with Gasteiger partial charge in [0, 0.05) is 43.0 Å². The van der Waals surface area contributed by atoms with Crippen LogP contribution in [0.1, 0.15) is 25.8 Å². The minimum Gasteiger partial charge on any atom is -0.359 e. The standard InChI is InChI=1S/C16H20N3/c1-12(2)11-19-7-4-13(5-8-19)15-9-18-16-10-17-6-3-14(15)16/h3-4,6,9-10,18H,5,7-8,11H2,1-2H3. The van der Waals surface area contributed by atoms with E-state index in [2.05, 4.69) is 47.1 Å². The van der Waals surface area contributed by atoms with E-state index in [0.29, 0.717) is 0 Å². The number of nitrogens with zero attached hydrogens (tertiary/aromatic N) is 2. The Balaban J connectivity index is 1.82. The Kier molecular flexibility index (Phi) is 3.38. The Morgan fingerprint density at radius 2 is 2.32 bits per heavy atom. The first-order valence-corrected chi connectivity index (χ1v) is 6.86. The van der Waals surface area contributed by atoms with Crippen molar-refractivity contribution in [1.82, 2.24) is 14.9 Å². The Morgan fingerprint density at radius 3 is 3.05 bits per heavy atom. The lowest BCUT2D eigenvalue weighted by atomic mass is 9.99. The molecule has 2 aromatic rings. The van der Waals surface area contributed by atoms with E-state index >= 15 is 0 Å². The van der Waals surface area contributed by atoms with Gasteiger partial charge in [-0.3, -0.25) is 9.88 Å². The fourth-order valence-corrected chi connectivity index (χ4v) is 2.78. The SMILES string of the molecule is C[C](C)CN1CC=C(c2c[nH]c3cnccc23)CC1. The molecular formula is C16H20N3. The molecule has 2 aromatic heterocycles. The van der Waals surface area contributed by atoms with Gasteiger partial charge in [-0.15, -0.1) is 0 Å². The smallest absolute Gasteiger partial charge is 0.0646 e. The quantitative estimate of drug-likeness (QED) is 0.911. The minimum absolute atomic E-state index is 1.05. The summed E-state index contributed by atoms with van der Waals surface area (Å²) in [6, 6.07) is 2.10. The molecule has 1 aliphatic rings. The lowest BCUT2D eigenvalue weighted by Crippen LogP contribution is -2.31. The summed E-state index contributed by atoms with van der Waals surface area (Å²) in [7, 11) is 0. The molecule has 0 aromatic carbocycles. The van der Waals surface area contributed by atoms with Gasteiger partial charge in [-0.05, 0) is 24.0 Å². The predicted octanol–water partition coefficient (Wildman–Crippen LogP) is 3.27. The lowest BCUT2D eigenvalue weighted by molar-refractivity contribution is 0.313. The van der Waals surface area contributed by atoms with E-state index in [4.69, 9.17) is 0 Å². The molecule has 3 heteroatoms. The molecule has 0 saturated heterocycles. The van der Waals surface area contributed by atoms with Crippen LogP contribution in [-0.4, -0.2) is 34.5 Å². The largest absolute Gasteiger partial charge is 0.359 e. The number of H-pyrrole nitrogens is 1. The molecule has 0 saturated carbocycles. The second-order valence-corrected chi connectivity index (χ2v) is 5.55. The maximum atomic E-state index is 4.15. The molecule has 3 heterocycles. The number of hydrogen-bond acceptors (Lipinski definition) is 2. The van der Waals surface area contributed by atoms with Crippen molar-refractivity contribution in [3.05, 3.63) is 42.2 Å². The van der Waals surface area contributed by atoms with Gasteiger partial charge >= 0.3 is 0 Å². The number of hydrogen-bond donors (Lipinski definition) is 1. The summed E-state index contributed by atoms with van der Waals surface area (Å²) in [6.45, 7) is 7.71. The van der Waals surface area contributed by atoms with Crippen molar-refractivity contribution in [3.63, 3.8) is 0 Å². The third-order valence-corrected chi connectivity index (χ3v) is 3.66. The first-order valence-electron chi connectivity index (χ1n) is 6.86. The van der Waals surface area contributed by atoms with Crippen LogP contribution in [0.5, 0.6) is 0 Å². The fraction of sp³-hybridized carbons (Fsp3) is 0.375. The summed E-state index contributed by atoms with van der Waals surface area (Å²) in [5, 5.41) is 1.29. The molecule has 1 aliphatic heterocycles. The molecule has 0 spiro atoms. The molecule has 0 aliphatic carbocycles. The highest BCUT2D eigenvalue weighted by Crippen LogP contribution is 2.28. The third kappa shape index (κ3) is 2.56. The van der Waals surface area contributed by atoms with Crippen LogP contribution in [-0.2, 0) is 0 Å². The Morgan fingerprint density at radius 1 is 1.42 bits per heavy atom. The summed E-state index contributed by atoms with van der Waals surface area (Å²) in [5.41, 5.74) is 3.93. The van der Waals surface area contributed by atoms with E-state index in [1.807, 2.05) is 12.4 Å². The monoisotopic (exact) mass is 254 g/mol. The van der Waals surface area contributed by atoms with Gasteiger partial charge in [-0.1, -0.05) is 19.9 Å². The van der Waals surface area contributed by atoms with E-state index in [-0.39, 0.29) is 0 Å². The highest BCUT2D eigenvalue weighted by molar-refractivity contribution is 5.92. The topological polar surface area (TPSA) is 31.9 Å². The normalized spacial score (nSPS) is 17.1. The maximum absolute atomic E-state index is 4.15. The van der Waals surface area contributed by atoms with Crippen LogP contribution < -0.4 is 0 Å². The van der Waals surface area contributed by atoms with Crippen molar-refractivity contribution < 1.29 is 0 Å². The van der Waals surface area contributed by atoms with Crippen LogP contribution in [0.4, 0.5) is 0 Å². The van der Waals surface area contributed by atoms with Crippen molar-refractivity contribution in [3.8, 4) is 0 Å². The number of aromatic nitrogens is 2. The Bertz CT molecular complexity index is 595. The van der Waals surface area contributed by atoms with Gasteiger partial charge in [0.05, 0.1) is 11.7 Å². The first-order chi connectivity index (χ1) is 9.24. The minimum atomic E-state index is 1.05. The second kappa shape index (κ2) is 5.17. The van der Waals surface area contributed by atoms with E-state index in [1.54, 1.807) is 0 Å². The molecule has 99 valence electrons. The third-order valence-electron chi connectivity index (χ3n) is 3.66. The fourth-order valence-electron chi connectivity index (χ4n) is 2.78. The van der Waals surface area contributed by atoms with E-state index < -0.39 is 0 Å². The molecule has 0 bridgehead atoms. The van der Waals surface area contributed by atoms with Gasteiger partial charge in [0.25, 0.3) is 0 Å². The van der Waals surface area contributed by atoms with Gasteiger partial charge < -0.3 is 4.98 Å². The van der Waals surface area contributed by atoms with Crippen LogP contribution in [0.2, 0.25) is 0 Å².